The third-order valence-electron chi connectivity index (χ3n) is 4.16. The molecule has 0 bridgehead atoms. The molecule has 0 saturated heterocycles. The topological polar surface area (TPSA) is 83.2 Å². The van der Waals surface area contributed by atoms with Gasteiger partial charge < -0.3 is 14.8 Å². The third-order valence-corrected chi connectivity index (χ3v) is 4.16. The number of hydrogen-bond acceptors (Lipinski definition) is 5. The van der Waals surface area contributed by atoms with Crippen LogP contribution in [0, 0.1) is 0 Å². The number of anilines is 1. The molecule has 0 radical (unpaired) electrons. The standard InChI is InChI=1S/C20H22F3N5O3/c1-14(2)15-3-5-17(6-4-15)31-13-27-8-7-18(26-27)19(29)25-16-9-24-28(10-16)12-30-11-20(21,22)23/h3-10,14H,11-13H2,1-2H3,(H,25,29). The van der Waals surface area contributed by atoms with Crippen molar-refractivity contribution >= 4 is 11.6 Å². The highest BCUT2D eigenvalue weighted by molar-refractivity contribution is 6.02. The number of ether oxygens (including phenoxy) is 2. The van der Waals surface area contributed by atoms with Crippen LogP contribution < -0.4 is 10.1 Å². The van der Waals surface area contributed by atoms with Crippen molar-refractivity contribution in [1.82, 2.24) is 19.6 Å². The van der Waals surface area contributed by atoms with Crippen LogP contribution in [-0.2, 0) is 18.2 Å². The average Bonchev–Trinajstić information content (AvgIpc) is 3.35. The van der Waals surface area contributed by atoms with Gasteiger partial charge in [0.25, 0.3) is 5.91 Å². The molecule has 31 heavy (non-hydrogen) atoms. The van der Waals surface area contributed by atoms with Crippen LogP contribution >= 0.6 is 0 Å². The summed E-state index contributed by atoms with van der Waals surface area (Å²) >= 11 is 0. The summed E-state index contributed by atoms with van der Waals surface area (Å²) in [7, 11) is 0. The molecular formula is C20H22F3N5O3. The molecule has 0 unspecified atom stereocenters. The minimum absolute atomic E-state index is 0.128. The molecule has 11 heteroatoms. The van der Waals surface area contributed by atoms with E-state index in [4.69, 9.17) is 4.74 Å². The molecule has 1 amide bonds. The van der Waals surface area contributed by atoms with Gasteiger partial charge in [0.2, 0.25) is 0 Å². The zero-order chi connectivity index (χ0) is 22.4. The number of rotatable bonds is 9. The van der Waals surface area contributed by atoms with Gasteiger partial charge in [-0.15, -0.1) is 0 Å². The molecule has 2 aromatic heterocycles. The maximum Gasteiger partial charge on any atom is 0.411 e. The Balaban J connectivity index is 1.49. The fraction of sp³-hybridized carbons (Fsp3) is 0.350. The predicted octanol–water partition coefficient (Wildman–Crippen LogP) is 4.03. The third kappa shape index (κ3) is 6.85. The minimum Gasteiger partial charge on any atom is -0.471 e. The Morgan fingerprint density at radius 1 is 1.13 bits per heavy atom. The van der Waals surface area contributed by atoms with E-state index < -0.39 is 18.7 Å². The number of hydrogen-bond donors (Lipinski definition) is 1. The Morgan fingerprint density at radius 2 is 1.87 bits per heavy atom. The molecular weight excluding hydrogens is 415 g/mol. The number of nitrogens with one attached hydrogen (secondary N) is 1. The summed E-state index contributed by atoms with van der Waals surface area (Å²) in [5.41, 5.74) is 1.66. The number of amides is 1. The smallest absolute Gasteiger partial charge is 0.411 e. The molecule has 1 aromatic carbocycles. The Morgan fingerprint density at radius 3 is 2.55 bits per heavy atom. The molecule has 0 aliphatic carbocycles. The van der Waals surface area contributed by atoms with E-state index in [-0.39, 0.29) is 19.2 Å². The first kappa shape index (κ1) is 22.3. The summed E-state index contributed by atoms with van der Waals surface area (Å²) in [5.74, 6) is 0.627. The predicted molar refractivity (Wildman–Crippen MR) is 106 cm³/mol. The highest BCUT2D eigenvalue weighted by Gasteiger charge is 2.27. The van der Waals surface area contributed by atoms with Gasteiger partial charge in [-0.25, -0.2) is 9.36 Å². The molecule has 0 aliphatic rings. The van der Waals surface area contributed by atoms with Crippen LogP contribution in [0.3, 0.4) is 0 Å². The van der Waals surface area contributed by atoms with Gasteiger partial charge >= 0.3 is 6.18 Å². The van der Waals surface area contributed by atoms with E-state index in [2.05, 4.69) is 34.1 Å². The van der Waals surface area contributed by atoms with E-state index in [0.717, 1.165) is 4.68 Å². The van der Waals surface area contributed by atoms with Gasteiger partial charge in [-0.05, 0) is 29.7 Å². The lowest BCUT2D eigenvalue weighted by atomic mass is 10.0. The number of nitrogens with zero attached hydrogens (tertiary/aromatic N) is 4. The molecule has 0 saturated carbocycles. The summed E-state index contributed by atoms with van der Waals surface area (Å²) in [6, 6.07) is 9.27. The molecule has 0 spiro atoms. The van der Waals surface area contributed by atoms with Gasteiger partial charge in [-0.3, -0.25) is 4.79 Å². The van der Waals surface area contributed by atoms with Gasteiger partial charge in [-0.2, -0.15) is 23.4 Å². The Bertz CT molecular complexity index is 996. The molecule has 8 nitrogen and oxygen atoms in total. The van der Waals surface area contributed by atoms with E-state index in [9.17, 15) is 18.0 Å². The lowest BCUT2D eigenvalue weighted by Crippen LogP contribution is -2.18. The van der Waals surface area contributed by atoms with Gasteiger partial charge in [0, 0.05) is 6.20 Å². The van der Waals surface area contributed by atoms with Crippen molar-refractivity contribution in [2.45, 2.75) is 39.4 Å². The second-order valence-electron chi connectivity index (χ2n) is 7.05. The van der Waals surface area contributed by atoms with Crippen LogP contribution in [0.25, 0.3) is 0 Å². The van der Waals surface area contributed by atoms with E-state index in [0.29, 0.717) is 17.4 Å². The highest BCUT2D eigenvalue weighted by Crippen LogP contribution is 2.19. The molecule has 2 heterocycles. The Labute approximate surface area is 176 Å². The Hall–Kier alpha value is -3.34. The number of alkyl halides is 3. The van der Waals surface area contributed by atoms with E-state index in [1.807, 2.05) is 24.3 Å². The zero-order valence-corrected chi connectivity index (χ0v) is 17.0. The lowest BCUT2D eigenvalue weighted by Gasteiger charge is -2.09. The van der Waals surface area contributed by atoms with Gasteiger partial charge in [0.15, 0.2) is 12.4 Å². The summed E-state index contributed by atoms with van der Waals surface area (Å²) in [6.45, 7) is 2.58. The number of carbonyl (C=O) groups excluding carboxylic acids is 1. The molecule has 1 N–H and O–H groups in total. The highest BCUT2D eigenvalue weighted by atomic mass is 19.4. The van der Waals surface area contributed by atoms with Crippen LogP contribution in [0.4, 0.5) is 18.9 Å². The van der Waals surface area contributed by atoms with Crippen molar-refractivity contribution in [1.29, 1.82) is 0 Å². The number of halogens is 3. The van der Waals surface area contributed by atoms with E-state index >= 15 is 0 Å². The van der Waals surface area contributed by atoms with Crippen LogP contribution in [0.5, 0.6) is 5.75 Å². The first-order chi connectivity index (χ1) is 14.7. The second kappa shape index (κ2) is 9.65. The van der Waals surface area contributed by atoms with E-state index in [1.165, 1.54) is 28.7 Å². The minimum atomic E-state index is -4.41. The van der Waals surface area contributed by atoms with Gasteiger partial charge in [0.1, 0.15) is 19.1 Å². The first-order valence-electron chi connectivity index (χ1n) is 9.44. The molecule has 166 valence electrons. The molecule has 0 aliphatic heterocycles. The molecule has 3 rings (SSSR count). The summed E-state index contributed by atoms with van der Waals surface area (Å²) < 4.78 is 49.1. The van der Waals surface area contributed by atoms with Crippen molar-refractivity contribution in [2.24, 2.45) is 0 Å². The van der Waals surface area contributed by atoms with Crippen LogP contribution in [-0.4, -0.2) is 38.3 Å². The van der Waals surface area contributed by atoms with Crippen LogP contribution in [0.2, 0.25) is 0 Å². The normalized spacial score (nSPS) is 11.7. The van der Waals surface area contributed by atoms with Gasteiger partial charge in [-0.1, -0.05) is 26.0 Å². The zero-order valence-electron chi connectivity index (χ0n) is 17.0. The fourth-order valence-corrected chi connectivity index (χ4v) is 2.59. The van der Waals surface area contributed by atoms with Crippen molar-refractivity contribution in [3.63, 3.8) is 0 Å². The number of benzene rings is 1. The summed E-state index contributed by atoms with van der Waals surface area (Å²) in [4.78, 5) is 12.3. The average molecular weight is 437 g/mol. The van der Waals surface area contributed by atoms with Crippen molar-refractivity contribution in [2.75, 3.05) is 11.9 Å². The lowest BCUT2D eigenvalue weighted by molar-refractivity contribution is -0.182. The largest absolute Gasteiger partial charge is 0.471 e. The second-order valence-corrected chi connectivity index (χ2v) is 7.05. The summed E-state index contributed by atoms with van der Waals surface area (Å²) in [6.07, 6.45) is -0.152. The summed E-state index contributed by atoms with van der Waals surface area (Å²) in [5, 5.41) is 10.6. The van der Waals surface area contributed by atoms with E-state index in [1.54, 1.807) is 6.20 Å². The van der Waals surface area contributed by atoms with Crippen molar-refractivity contribution < 1.29 is 27.4 Å². The van der Waals surface area contributed by atoms with Crippen molar-refractivity contribution in [3.05, 3.63) is 60.2 Å². The van der Waals surface area contributed by atoms with Gasteiger partial charge in [0.05, 0.1) is 18.1 Å². The molecule has 3 aromatic rings. The number of aromatic nitrogens is 4. The van der Waals surface area contributed by atoms with Crippen molar-refractivity contribution in [3.8, 4) is 5.75 Å². The quantitative estimate of drug-likeness (QED) is 0.547. The maximum absolute atomic E-state index is 12.3. The Kier molecular flexibility index (Phi) is 6.95. The van der Waals surface area contributed by atoms with Crippen LogP contribution in [0.1, 0.15) is 35.8 Å². The fourth-order valence-electron chi connectivity index (χ4n) is 2.59. The monoisotopic (exact) mass is 437 g/mol. The van der Waals surface area contributed by atoms with Crippen LogP contribution in [0.15, 0.2) is 48.9 Å². The number of carbonyl (C=O) groups is 1. The SMILES string of the molecule is CC(C)c1ccc(OCn2ccc(C(=O)Nc3cnn(COCC(F)(F)F)c3)n2)cc1. The first-order valence-corrected chi connectivity index (χ1v) is 9.44. The molecule has 0 atom stereocenters. The maximum atomic E-state index is 12.3. The molecule has 0 fully saturated rings.